The molecule has 2 heterocycles. The fourth-order valence-corrected chi connectivity index (χ4v) is 2.13. The van der Waals surface area contributed by atoms with Gasteiger partial charge in [-0.2, -0.15) is 0 Å². The quantitative estimate of drug-likeness (QED) is 0.329. The maximum Gasteiger partial charge on any atom is 0.297 e. The Hall–Kier alpha value is -1.23. The first-order chi connectivity index (χ1) is 6.63. The van der Waals surface area contributed by atoms with Gasteiger partial charge in [-0.3, -0.25) is 19.3 Å². The summed E-state index contributed by atoms with van der Waals surface area (Å²) in [6, 6.07) is 0. The van der Waals surface area contributed by atoms with Crippen LogP contribution in [0.2, 0.25) is 0 Å². The number of likely N-dealkylation sites (tertiary alicyclic amines) is 1. The van der Waals surface area contributed by atoms with E-state index >= 15 is 0 Å². The third kappa shape index (κ3) is 0.901. The second-order valence-corrected chi connectivity index (χ2v) is 3.69. The summed E-state index contributed by atoms with van der Waals surface area (Å²) < 4.78 is 0. The van der Waals surface area contributed by atoms with Crippen LogP contribution in [0.3, 0.4) is 0 Å². The molecule has 0 radical (unpaired) electrons. The van der Waals surface area contributed by atoms with E-state index in [1.165, 1.54) is 0 Å². The number of amides is 2. The Morgan fingerprint density at radius 2 is 2.14 bits per heavy atom. The number of rotatable bonds is 1. The van der Waals surface area contributed by atoms with Gasteiger partial charge in [0.1, 0.15) is 5.41 Å². The zero-order valence-corrected chi connectivity index (χ0v) is 8.00. The number of likely N-dealkylation sites (N-methyl/N-ethyl adjacent to an activating group) is 1. The van der Waals surface area contributed by atoms with Crippen LogP contribution in [0.4, 0.5) is 0 Å². The molecule has 5 heteroatoms. The molecule has 2 saturated heterocycles. The SMILES string of the molecule is CCN1C(=O)C(=O)C2(CCNC2)C1=O. The first-order valence-electron chi connectivity index (χ1n) is 4.75. The molecule has 1 N–H and O–H groups in total. The molecule has 0 saturated carbocycles. The number of nitrogens with zero attached hydrogens (tertiary/aromatic N) is 1. The molecule has 0 aromatic heterocycles. The molecule has 5 nitrogen and oxygen atoms in total. The number of carbonyl (C=O) groups excluding carboxylic acids is 3. The van der Waals surface area contributed by atoms with Crippen molar-refractivity contribution in [3.8, 4) is 0 Å². The highest BCUT2D eigenvalue weighted by Crippen LogP contribution is 2.35. The van der Waals surface area contributed by atoms with Crippen LogP contribution in [0.25, 0.3) is 0 Å². The van der Waals surface area contributed by atoms with Gasteiger partial charge in [0.15, 0.2) is 0 Å². The number of ketones is 1. The molecule has 2 aliphatic rings. The van der Waals surface area contributed by atoms with Crippen molar-refractivity contribution in [3.05, 3.63) is 0 Å². The van der Waals surface area contributed by atoms with E-state index in [2.05, 4.69) is 5.32 Å². The average molecular weight is 196 g/mol. The van der Waals surface area contributed by atoms with E-state index in [-0.39, 0.29) is 12.5 Å². The molecule has 1 unspecified atom stereocenters. The summed E-state index contributed by atoms with van der Waals surface area (Å²) in [5.74, 6) is -1.49. The Morgan fingerprint density at radius 1 is 1.43 bits per heavy atom. The van der Waals surface area contributed by atoms with Crippen LogP contribution >= 0.6 is 0 Å². The lowest BCUT2D eigenvalue weighted by molar-refractivity contribution is -0.142. The third-order valence-corrected chi connectivity index (χ3v) is 3.00. The Bertz CT molecular complexity index is 318. The molecule has 2 rings (SSSR count). The van der Waals surface area contributed by atoms with Crippen LogP contribution in [-0.4, -0.2) is 42.1 Å². The van der Waals surface area contributed by atoms with Crippen LogP contribution < -0.4 is 5.32 Å². The van der Waals surface area contributed by atoms with E-state index in [9.17, 15) is 14.4 Å². The third-order valence-electron chi connectivity index (χ3n) is 3.00. The van der Waals surface area contributed by atoms with Gasteiger partial charge in [-0.15, -0.1) is 0 Å². The maximum atomic E-state index is 11.8. The second-order valence-electron chi connectivity index (χ2n) is 3.69. The number of hydrogen-bond donors (Lipinski definition) is 1. The fraction of sp³-hybridized carbons (Fsp3) is 0.667. The largest absolute Gasteiger partial charge is 0.315 e. The number of carbonyl (C=O) groups is 3. The van der Waals surface area contributed by atoms with Crippen molar-refractivity contribution >= 4 is 17.6 Å². The standard InChI is InChI=1S/C9H12N2O3/c1-2-11-7(13)6(12)9(8(11)14)3-4-10-5-9/h10H,2-5H2,1H3. The lowest BCUT2D eigenvalue weighted by atomic mass is 9.84. The molecule has 0 aromatic rings. The van der Waals surface area contributed by atoms with E-state index in [0.717, 1.165) is 4.90 Å². The van der Waals surface area contributed by atoms with E-state index < -0.39 is 17.1 Å². The molecular formula is C9H12N2O3. The number of imide groups is 1. The highest BCUT2D eigenvalue weighted by atomic mass is 16.2. The van der Waals surface area contributed by atoms with Crippen LogP contribution in [0.1, 0.15) is 13.3 Å². The van der Waals surface area contributed by atoms with E-state index in [4.69, 9.17) is 0 Å². The number of nitrogens with one attached hydrogen (secondary N) is 1. The monoisotopic (exact) mass is 196 g/mol. The minimum absolute atomic E-state index is 0.283. The van der Waals surface area contributed by atoms with Crippen molar-refractivity contribution in [1.29, 1.82) is 0 Å². The molecule has 2 fully saturated rings. The Morgan fingerprint density at radius 3 is 2.57 bits per heavy atom. The molecule has 1 spiro atoms. The predicted octanol–water partition coefficient (Wildman–Crippen LogP) is -1.08. The maximum absolute atomic E-state index is 11.8. The van der Waals surface area contributed by atoms with E-state index in [1.807, 2.05) is 0 Å². The minimum atomic E-state index is -1.06. The molecular weight excluding hydrogens is 184 g/mol. The van der Waals surface area contributed by atoms with Gasteiger partial charge in [-0.1, -0.05) is 0 Å². The molecule has 2 amide bonds. The minimum Gasteiger partial charge on any atom is -0.315 e. The predicted molar refractivity (Wildman–Crippen MR) is 47.3 cm³/mol. The van der Waals surface area contributed by atoms with Crippen molar-refractivity contribution in [2.45, 2.75) is 13.3 Å². The lowest BCUT2D eigenvalue weighted by Gasteiger charge is -2.16. The molecule has 76 valence electrons. The molecule has 1 atom stereocenters. The summed E-state index contributed by atoms with van der Waals surface area (Å²) in [6.07, 6.45) is 0.451. The molecule has 0 aliphatic carbocycles. The van der Waals surface area contributed by atoms with Crippen LogP contribution in [-0.2, 0) is 14.4 Å². The Kier molecular flexibility index (Phi) is 1.92. The van der Waals surface area contributed by atoms with Gasteiger partial charge in [0, 0.05) is 13.1 Å². The summed E-state index contributed by atoms with van der Waals surface area (Å²) in [4.78, 5) is 36.0. The summed E-state index contributed by atoms with van der Waals surface area (Å²) in [5, 5.41) is 2.96. The van der Waals surface area contributed by atoms with Gasteiger partial charge in [0.2, 0.25) is 11.7 Å². The van der Waals surface area contributed by atoms with Crippen molar-refractivity contribution in [2.24, 2.45) is 5.41 Å². The fourth-order valence-electron chi connectivity index (χ4n) is 2.13. The molecule has 14 heavy (non-hydrogen) atoms. The highest BCUT2D eigenvalue weighted by Gasteiger charge is 2.59. The first kappa shape index (κ1) is 9.33. The first-order valence-corrected chi connectivity index (χ1v) is 4.75. The molecule has 0 bridgehead atoms. The summed E-state index contributed by atoms with van der Waals surface area (Å²) >= 11 is 0. The van der Waals surface area contributed by atoms with Gasteiger partial charge >= 0.3 is 0 Å². The average Bonchev–Trinajstić information content (AvgIpc) is 2.72. The molecule has 0 aromatic carbocycles. The Balaban J connectivity index is 2.40. The van der Waals surface area contributed by atoms with Gasteiger partial charge in [0.05, 0.1) is 0 Å². The summed E-state index contributed by atoms with van der Waals surface area (Å²) in [7, 11) is 0. The number of Topliss-reactive ketones (excluding diaryl/α,β-unsaturated/α-hetero) is 1. The normalized spacial score (nSPS) is 32.4. The van der Waals surface area contributed by atoms with Gasteiger partial charge in [-0.05, 0) is 19.9 Å². The highest BCUT2D eigenvalue weighted by molar-refractivity contribution is 6.49. The van der Waals surface area contributed by atoms with Crippen LogP contribution in [0.5, 0.6) is 0 Å². The summed E-state index contributed by atoms with van der Waals surface area (Å²) in [5.41, 5.74) is -1.06. The zero-order valence-electron chi connectivity index (χ0n) is 8.00. The summed E-state index contributed by atoms with van der Waals surface area (Å²) in [6.45, 7) is 2.92. The van der Waals surface area contributed by atoms with E-state index in [1.54, 1.807) is 6.92 Å². The lowest BCUT2D eigenvalue weighted by Crippen LogP contribution is -2.38. The van der Waals surface area contributed by atoms with Crippen LogP contribution in [0.15, 0.2) is 0 Å². The van der Waals surface area contributed by atoms with Crippen molar-refractivity contribution in [2.75, 3.05) is 19.6 Å². The van der Waals surface area contributed by atoms with Gasteiger partial charge < -0.3 is 5.32 Å². The second kappa shape index (κ2) is 2.88. The zero-order chi connectivity index (χ0) is 10.3. The van der Waals surface area contributed by atoms with E-state index in [0.29, 0.717) is 19.5 Å². The topological polar surface area (TPSA) is 66.5 Å². The van der Waals surface area contributed by atoms with Gasteiger partial charge in [0.25, 0.3) is 5.91 Å². The van der Waals surface area contributed by atoms with Crippen molar-refractivity contribution in [3.63, 3.8) is 0 Å². The van der Waals surface area contributed by atoms with Crippen LogP contribution in [0, 0.1) is 5.41 Å². The van der Waals surface area contributed by atoms with Crippen molar-refractivity contribution < 1.29 is 14.4 Å². The smallest absolute Gasteiger partial charge is 0.297 e. The Labute approximate surface area is 81.4 Å². The van der Waals surface area contributed by atoms with Gasteiger partial charge in [-0.25, -0.2) is 0 Å². The van der Waals surface area contributed by atoms with Crippen molar-refractivity contribution in [1.82, 2.24) is 10.2 Å². The number of hydrogen-bond acceptors (Lipinski definition) is 4. The molecule has 2 aliphatic heterocycles.